The minimum absolute atomic E-state index is 0. The number of hydrogen-bond donors (Lipinski definition) is 1. The Morgan fingerprint density at radius 1 is 1.35 bits per heavy atom. The molecular weight excluding hydrogens is 405 g/mol. The van der Waals surface area contributed by atoms with Crippen molar-refractivity contribution in [2.45, 2.75) is 45.7 Å². The van der Waals surface area contributed by atoms with Crippen LogP contribution in [0.15, 0.2) is 4.99 Å². The van der Waals surface area contributed by atoms with Gasteiger partial charge >= 0.3 is 0 Å². The number of amides is 1. The Kier molecular flexibility index (Phi) is 7.57. The van der Waals surface area contributed by atoms with Crippen LogP contribution in [0.4, 0.5) is 0 Å². The summed E-state index contributed by atoms with van der Waals surface area (Å²) >= 11 is 0. The second-order valence-corrected chi connectivity index (χ2v) is 7.20. The number of nitrogens with one attached hydrogen (secondary N) is 1. The number of piperazine rings is 1. The van der Waals surface area contributed by atoms with E-state index in [1.807, 2.05) is 4.90 Å². The SMILES string of the molecule is CN=C(NCCN1CCC1)N1CC(=O)N(C(C)C)C(C)(C)C1.I. The van der Waals surface area contributed by atoms with Gasteiger partial charge in [0.1, 0.15) is 0 Å². The lowest BCUT2D eigenvalue weighted by Gasteiger charge is -2.49. The molecule has 0 atom stereocenters. The maximum Gasteiger partial charge on any atom is 0.242 e. The van der Waals surface area contributed by atoms with Crippen LogP contribution in [-0.4, -0.2) is 84.5 Å². The third-order valence-corrected chi connectivity index (χ3v) is 4.51. The lowest BCUT2D eigenvalue weighted by molar-refractivity contribution is -0.145. The van der Waals surface area contributed by atoms with Gasteiger partial charge in [0.05, 0.1) is 12.1 Å². The van der Waals surface area contributed by atoms with Crippen molar-refractivity contribution in [3.63, 3.8) is 0 Å². The summed E-state index contributed by atoms with van der Waals surface area (Å²) in [5.41, 5.74) is -0.182. The number of likely N-dealkylation sites (tertiary alicyclic amines) is 1. The van der Waals surface area contributed by atoms with Crippen molar-refractivity contribution in [1.82, 2.24) is 20.0 Å². The van der Waals surface area contributed by atoms with Crippen LogP contribution in [0.5, 0.6) is 0 Å². The first kappa shape index (κ1) is 20.5. The highest BCUT2D eigenvalue weighted by atomic mass is 127. The predicted octanol–water partition coefficient (Wildman–Crippen LogP) is 1.22. The lowest BCUT2D eigenvalue weighted by Crippen LogP contribution is -2.66. The molecule has 1 amide bonds. The van der Waals surface area contributed by atoms with Gasteiger partial charge in [-0.05, 0) is 47.2 Å². The van der Waals surface area contributed by atoms with Gasteiger partial charge in [0.2, 0.25) is 5.91 Å². The van der Waals surface area contributed by atoms with E-state index in [9.17, 15) is 4.79 Å². The number of guanidine groups is 1. The maximum absolute atomic E-state index is 12.5. The fraction of sp³-hybridized carbons (Fsp3) is 0.875. The van der Waals surface area contributed by atoms with Crippen LogP contribution in [-0.2, 0) is 4.79 Å². The number of carbonyl (C=O) groups is 1. The van der Waals surface area contributed by atoms with Gasteiger partial charge in [-0.1, -0.05) is 0 Å². The van der Waals surface area contributed by atoms with Crippen molar-refractivity contribution in [1.29, 1.82) is 0 Å². The summed E-state index contributed by atoms with van der Waals surface area (Å²) in [6.07, 6.45) is 1.31. The molecule has 2 rings (SSSR count). The minimum atomic E-state index is -0.182. The Morgan fingerprint density at radius 2 is 2.00 bits per heavy atom. The zero-order valence-electron chi connectivity index (χ0n) is 15.1. The minimum Gasteiger partial charge on any atom is -0.355 e. The average Bonchev–Trinajstić information content (AvgIpc) is 2.34. The topological polar surface area (TPSA) is 51.2 Å². The monoisotopic (exact) mass is 437 g/mol. The molecule has 2 heterocycles. The van der Waals surface area contributed by atoms with Crippen molar-refractivity contribution < 1.29 is 4.79 Å². The van der Waals surface area contributed by atoms with E-state index in [0.29, 0.717) is 6.54 Å². The molecule has 0 radical (unpaired) electrons. The number of hydrogen-bond acceptors (Lipinski definition) is 3. The Hall–Kier alpha value is -0.570. The van der Waals surface area contributed by atoms with Gasteiger partial charge in [0.25, 0.3) is 0 Å². The van der Waals surface area contributed by atoms with E-state index in [0.717, 1.165) is 25.6 Å². The Morgan fingerprint density at radius 3 is 2.43 bits per heavy atom. The molecule has 0 spiro atoms. The molecule has 2 saturated heterocycles. The molecule has 1 N–H and O–H groups in total. The molecule has 23 heavy (non-hydrogen) atoms. The van der Waals surface area contributed by atoms with E-state index in [1.54, 1.807) is 7.05 Å². The highest BCUT2D eigenvalue weighted by molar-refractivity contribution is 14.0. The quantitative estimate of drug-likeness (QED) is 0.408. The molecule has 6 nitrogen and oxygen atoms in total. The summed E-state index contributed by atoms with van der Waals surface area (Å²) in [4.78, 5) is 23.4. The van der Waals surface area contributed by atoms with Crippen molar-refractivity contribution in [2.75, 3.05) is 46.3 Å². The first-order chi connectivity index (χ1) is 10.3. The molecule has 2 aliphatic heterocycles. The van der Waals surface area contributed by atoms with Crippen LogP contribution < -0.4 is 5.32 Å². The Balaban J connectivity index is 0.00000264. The second kappa shape index (κ2) is 8.50. The van der Waals surface area contributed by atoms with E-state index in [4.69, 9.17) is 0 Å². The van der Waals surface area contributed by atoms with Gasteiger partial charge in [-0.25, -0.2) is 0 Å². The van der Waals surface area contributed by atoms with Gasteiger partial charge < -0.3 is 20.0 Å². The first-order valence-corrected chi connectivity index (χ1v) is 8.35. The van der Waals surface area contributed by atoms with Gasteiger partial charge in [-0.3, -0.25) is 9.79 Å². The number of rotatable bonds is 4. The maximum atomic E-state index is 12.5. The van der Waals surface area contributed by atoms with Crippen molar-refractivity contribution in [2.24, 2.45) is 4.99 Å². The van der Waals surface area contributed by atoms with Crippen LogP contribution in [0.1, 0.15) is 34.1 Å². The van der Waals surface area contributed by atoms with E-state index >= 15 is 0 Å². The zero-order chi connectivity index (χ0) is 16.3. The van der Waals surface area contributed by atoms with Crippen molar-refractivity contribution in [3.05, 3.63) is 0 Å². The van der Waals surface area contributed by atoms with E-state index in [2.05, 4.69) is 47.8 Å². The van der Waals surface area contributed by atoms with Crippen molar-refractivity contribution >= 4 is 35.8 Å². The lowest BCUT2D eigenvalue weighted by atomic mass is 9.96. The molecule has 0 aromatic carbocycles. The summed E-state index contributed by atoms with van der Waals surface area (Å²) in [5, 5.41) is 3.40. The molecule has 0 unspecified atom stereocenters. The number of carbonyl (C=O) groups excluding carboxylic acids is 1. The number of nitrogens with zero attached hydrogens (tertiary/aromatic N) is 4. The largest absolute Gasteiger partial charge is 0.355 e. The molecule has 0 aliphatic carbocycles. The van der Waals surface area contributed by atoms with Gasteiger partial charge in [0.15, 0.2) is 5.96 Å². The average molecular weight is 437 g/mol. The van der Waals surface area contributed by atoms with Crippen LogP contribution >= 0.6 is 24.0 Å². The summed E-state index contributed by atoms with van der Waals surface area (Å²) < 4.78 is 0. The highest BCUT2D eigenvalue weighted by Gasteiger charge is 2.40. The first-order valence-electron chi connectivity index (χ1n) is 8.35. The van der Waals surface area contributed by atoms with E-state index in [1.165, 1.54) is 19.5 Å². The fourth-order valence-electron chi connectivity index (χ4n) is 3.58. The smallest absolute Gasteiger partial charge is 0.242 e. The van der Waals surface area contributed by atoms with E-state index in [-0.39, 0.29) is 41.5 Å². The molecule has 2 fully saturated rings. The molecule has 0 aromatic heterocycles. The van der Waals surface area contributed by atoms with Crippen LogP contribution in [0.25, 0.3) is 0 Å². The standard InChI is InChI=1S/C16H31N5O.HI/c1-13(2)21-14(22)11-20(12-16(21,3)4)15(17-5)18-7-10-19-8-6-9-19;/h13H,6-12H2,1-5H3,(H,17,18);1H. The van der Waals surface area contributed by atoms with E-state index < -0.39 is 0 Å². The predicted molar refractivity (Wildman–Crippen MR) is 105 cm³/mol. The van der Waals surface area contributed by atoms with Gasteiger partial charge in [-0.15, -0.1) is 24.0 Å². The molecule has 134 valence electrons. The molecule has 2 aliphatic rings. The van der Waals surface area contributed by atoms with Crippen LogP contribution in [0, 0.1) is 0 Å². The normalized spacial score (nSPS) is 22.0. The molecular formula is C16H32IN5O. The summed E-state index contributed by atoms with van der Waals surface area (Å²) in [6.45, 7) is 14.0. The summed E-state index contributed by atoms with van der Waals surface area (Å²) in [7, 11) is 1.79. The molecule has 0 saturated carbocycles. The third kappa shape index (κ3) is 4.95. The van der Waals surface area contributed by atoms with Crippen molar-refractivity contribution in [3.8, 4) is 0 Å². The highest BCUT2D eigenvalue weighted by Crippen LogP contribution is 2.24. The summed E-state index contributed by atoms with van der Waals surface area (Å²) in [6, 6.07) is 0.228. The number of halogens is 1. The number of aliphatic imine (C=N–C) groups is 1. The zero-order valence-corrected chi connectivity index (χ0v) is 17.5. The Labute approximate surface area is 157 Å². The third-order valence-electron chi connectivity index (χ3n) is 4.51. The molecule has 0 aromatic rings. The second-order valence-electron chi connectivity index (χ2n) is 7.20. The van der Waals surface area contributed by atoms with Gasteiger partial charge in [-0.2, -0.15) is 0 Å². The molecule has 0 bridgehead atoms. The summed E-state index contributed by atoms with van der Waals surface area (Å²) in [5.74, 6) is 1.02. The fourth-order valence-corrected chi connectivity index (χ4v) is 3.58. The van der Waals surface area contributed by atoms with Crippen LogP contribution in [0.3, 0.4) is 0 Å². The van der Waals surface area contributed by atoms with Crippen LogP contribution in [0.2, 0.25) is 0 Å². The molecule has 7 heteroatoms. The van der Waals surface area contributed by atoms with Gasteiger partial charge in [0, 0.05) is 32.7 Å². The Bertz CT molecular complexity index is 434.